The van der Waals surface area contributed by atoms with Crippen LogP contribution >= 0.6 is 0 Å². The molecule has 0 radical (unpaired) electrons. The average molecular weight is 255 g/mol. The van der Waals surface area contributed by atoms with Crippen molar-refractivity contribution in [2.75, 3.05) is 26.3 Å². The minimum atomic E-state index is 0.465. The van der Waals surface area contributed by atoms with Crippen molar-refractivity contribution in [1.29, 1.82) is 0 Å². The van der Waals surface area contributed by atoms with Crippen LogP contribution in [0.3, 0.4) is 0 Å². The quantitative estimate of drug-likeness (QED) is 0.377. The van der Waals surface area contributed by atoms with E-state index in [9.17, 15) is 0 Å². The number of hydrogen-bond donors (Lipinski definition) is 2. The number of nitrogens with two attached hydrogens (primary N) is 1. The lowest BCUT2D eigenvalue weighted by Gasteiger charge is -2.40. The van der Waals surface area contributed by atoms with E-state index in [1.807, 2.05) is 6.92 Å². The molecule has 0 amide bonds. The van der Waals surface area contributed by atoms with E-state index in [2.05, 4.69) is 17.2 Å². The fourth-order valence-corrected chi connectivity index (χ4v) is 2.54. The van der Waals surface area contributed by atoms with Crippen molar-refractivity contribution in [3.8, 4) is 0 Å². The Morgan fingerprint density at radius 1 is 1.39 bits per heavy atom. The summed E-state index contributed by atoms with van der Waals surface area (Å²) in [5.41, 5.74) is 6.33. The summed E-state index contributed by atoms with van der Waals surface area (Å²) >= 11 is 0. The molecule has 1 aliphatic rings. The van der Waals surface area contributed by atoms with Crippen LogP contribution in [0.5, 0.6) is 0 Å². The molecule has 1 rings (SSSR count). The first kappa shape index (κ1) is 15.3. The number of ether oxygens (including phenoxy) is 1. The van der Waals surface area contributed by atoms with Gasteiger partial charge in [-0.2, -0.15) is 0 Å². The summed E-state index contributed by atoms with van der Waals surface area (Å²) in [4.78, 5) is 4.50. The predicted octanol–water partition coefficient (Wildman–Crippen LogP) is 2.29. The zero-order valence-electron chi connectivity index (χ0n) is 12.0. The number of guanidine groups is 1. The van der Waals surface area contributed by atoms with Gasteiger partial charge in [0, 0.05) is 26.3 Å². The predicted molar refractivity (Wildman–Crippen MR) is 76.8 cm³/mol. The molecule has 0 atom stereocenters. The van der Waals surface area contributed by atoms with Gasteiger partial charge in [-0.15, -0.1) is 0 Å². The first-order chi connectivity index (χ1) is 8.72. The van der Waals surface area contributed by atoms with E-state index >= 15 is 0 Å². The maximum atomic E-state index is 5.87. The highest BCUT2D eigenvalue weighted by Gasteiger charge is 2.35. The Morgan fingerprint density at radius 3 is 2.72 bits per heavy atom. The van der Waals surface area contributed by atoms with E-state index in [4.69, 9.17) is 10.5 Å². The Labute approximate surface area is 111 Å². The zero-order valence-corrected chi connectivity index (χ0v) is 12.0. The number of aliphatic imine (C=N–C) groups is 1. The molecule has 0 aliphatic heterocycles. The molecule has 0 aromatic heterocycles. The maximum Gasteiger partial charge on any atom is 0.188 e. The summed E-state index contributed by atoms with van der Waals surface area (Å²) in [5.74, 6) is 0.592. The number of hydrogen-bond acceptors (Lipinski definition) is 2. The topological polar surface area (TPSA) is 59.6 Å². The third kappa shape index (κ3) is 5.25. The van der Waals surface area contributed by atoms with Gasteiger partial charge in [0.25, 0.3) is 0 Å². The second kappa shape index (κ2) is 8.35. The van der Waals surface area contributed by atoms with Crippen LogP contribution < -0.4 is 11.1 Å². The second-order valence-electron chi connectivity index (χ2n) is 5.28. The van der Waals surface area contributed by atoms with Crippen LogP contribution in [0.2, 0.25) is 0 Å². The van der Waals surface area contributed by atoms with Gasteiger partial charge in [-0.05, 0) is 38.0 Å². The lowest BCUT2D eigenvalue weighted by molar-refractivity contribution is 0.130. The van der Waals surface area contributed by atoms with E-state index in [0.717, 1.165) is 32.7 Å². The number of nitrogens with one attached hydrogen (secondary N) is 1. The highest BCUT2D eigenvalue weighted by atomic mass is 16.5. The monoisotopic (exact) mass is 255 g/mol. The van der Waals surface area contributed by atoms with E-state index in [0.29, 0.717) is 11.4 Å². The van der Waals surface area contributed by atoms with Gasteiger partial charge < -0.3 is 15.8 Å². The molecule has 0 aromatic rings. The van der Waals surface area contributed by atoms with E-state index < -0.39 is 0 Å². The van der Waals surface area contributed by atoms with Crippen molar-refractivity contribution < 1.29 is 4.74 Å². The number of rotatable bonds is 9. The molecular formula is C14H29N3O. The first-order valence-electron chi connectivity index (χ1n) is 7.34. The summed E-state index contributed by atoms with van der Waals surface area (Å²) in [6.45, 7) is 7.56. The van der Waals surface area contributed by atoms with Gasteiger partial charge in [0.05, 0.1) is 0 Å². The van der Waals surface area contributed by atoms with Gasteiger partial charge in [0.2, 0.25) is 0 Å². The standard InChI is InChI=1S/C14H29N3O/c1-3-7-14(8-5-9-14)12-17-13(15)16-10-6-11-18-4-2/h3-12H2,1-2H3,(H3,15,16,17). The Bertz CT molecular complexity index is 249. The minimum absolute atomic E-state index is 0.465. The smallest absolute Gasteiger partial charge is 0.188 e. The lowest BCUT2D eigenvalue weighted by Crippen LogP contribution is -2.37. The molecule has 3 N–H and O–H groups in total. The fraction of sp³-hybridized carbons (Fsp3) is 0.929. The van der Waals surface area contributed by atoms with E-state index in [-0.39, 0.29) is 0 Å². The largest absolute Gasteiger partial charge is 0.382 e. The number of nitrogens with zero attached hydrogens (tertiary/aromatic N) is 1. The van der Waals surface area contributed by atoms with Crippen LogP contribution in [-0.4, -0.2) is 32.3 Å². The summed E-state index contributed by atoms with van der Waals surface area (Å²) in [6, 6.07) is 0. The molecule has 0 aromatic carbocycles. The normalized spacial score (nSPS) is 18.4. The molecule has 1 saturated carbocycles. The molecule has 106 valence electrons. The fourth-order valence-electron chi connectivity index (χ4n) is 2.54. The Kier molecular flexibility index (Phi) is 7.09. The third-order valence-corrected chi connectivity index (χ3v) is 3.76. The average Bonchev–Trinajstić information content (AvgIpc) is 2.32. The third-order valence-electron chi connectivity index (χ3n) is 3.76. The van der Waals surface area contributed by atoms with Gasteiger partial charge in [-0.25, -0.2) is 0 Å². The maximum absolute atomic E-state index is 5.87. The molecule has 18 heavy (non-hydrogen) atoms. The molecule has 4 nitrogen and oxygen atoms in total. The van der Waals surface area contributed by atoms with Crippen LogP contribution in [0.25, 0.3) is 0 Å². The van der Waals surface area contributed by atoms with Gasteiger partial charge in [-0.1, -0.05) is 19.8 Å². The van der Waals surface area contributed by atoms with Crippen molar-refractivity contribution in [1.82, 2.24) is 5.32 Å². The van der Waals surface area contributed by atoms with Crippen molar-refractivity contribution in [2.45, 2.75) is 52.4 Å². The van der Waals surface area contributed by atoms with Gasteiger partial charge >= 0.3 is 0 Å². The molecule has 1 fully saturated rings. The molecule has 0 unspecified atom stereocenters. The van der Waals surface area contributed by atoms with Crippen LogP contribution in [0.1, 0.15) is 52.4 Å². The molecule has 0 heterocycles. The van der Waals surface area contributed by atoms with Crippen molar-refractivity contribution in [2.24, 2.45) is 16.1 Å². The van der Waals surface area contributed by atoms with Crippen molar-refractivity contribution in [3.63, 3.8) is 0 Å². The van der Waals surface area contributed by atoms with Crippen LogP contribution in [-0.2, 0) is 4.74 Å². The molecule has 0 spiro atoms. The second-order valence-corrected chi connectivity index (χ2v) is 5.28. The van der Waals surface area contributed by atoms with Gasteiger partial charge in [-0.3, -0.25) is 4.99 Å². The summed E-state index contributed by atoms with van der Waals surface area (Å²) in [7, 11) is 0. The Hall–Kier alpha value is -0.770. The van der Waals surface area contributed by atoms with Crippen LogP contribution in [0.15, 0.2) is 4.99 Å². The molecule has 4 heteroatoms. The van der Waals surface area contributed by atoms with Crippen LogP contribution in [0, 0.1) is 5.41 Å². The van der Waals surface area contributed by atoms with E-state index in [1.54, 1.807) is 0 Å². The van der Waals surface area contributed by atoms with Crippen molar-refractivity contribution >= 4 is 5.96 Å². The minimum Gasteiger partial charge on any atom is -0.382 e. The first-order valence-corrected chi connectivity index (χ1v) is 7.34. The van der Waals surface area contributed by atoms with E-state index in [1.165, 1.54) is 32.1 Å². The van der Waals surface area contributed by atoms with Gasteiger partial charge in [0.1, 0.15) is 0 Å². The highest BCUT2D eigenvalue weighted by molar-refractivity contribution is 5.77. The summed E-state index contributed by atoms with van der Waals surface area (Å²) in [5, 5.41) is 3.15. The summed E-state index contributed by atoms with van der Waals surface area (Å²) in [6.07, 6.45) is 7.51. The SMILES string of the molecule is CCCC1(CN=C(N)NCCCOCC)CCC1. The zero-order chi connectivity index (χ0) is 13.3. The Balaban J connectivity index is 2.16. The lowest BCUT2D eigenvalue weighted by atomic mass is 9.66. The van der Waals surface area contributed by atoms with Crippen LogP contribution in [0.4, 0.5) is 0 Å². The summed E-state index contributed by atoms with van der Waals surface area (Å²) < 4.78 is 5.27. The molecular weight excluding hydrogens is 226 g/mol. The van der Waals surface area contributed by atoms with Crippen molar-refractivity contribution in [3.05, 3.63) is 0 Å². The van der Waals surface area contributed by atoms with Gasteiger partial charge in [0.15, 0.2) is 5.96 Å². The molecule has 0 bridgehead atoms. The Morgan fingerprint density at radius 2 is 2.17 bits per heavy atom. The molecule has 0 saturated heterocycles. The highest BCUT2D eigenvalue weighted by Crippen LogP contribution is 2.44. The molecule has 1 aliphatic carbocycles.